The summed E-state index contributed by atoms with van der Waals surface area (Å²) in [6, 6.07) is 8.93. The fraction of sp³-hybridized carbons (Fsp3) is 0.188. The summed E-state index contributed by atoms with van der Waals surface area (Å²) < 4.78 is 57.5. The molecule has 0 aliphatic heterocycles. The van der Waals surface area contributed by atoms with Gasteiger partial charge in [-0.15, -0.1) is 0 Å². The van der Waals surface area contributed by atoms with E-state index in [1.807, 2.05) is 0 Å². The normalized spacial score (nSPS) is 11.1. The molecule has 0 N–H and O–H groups in total. The minimum Gasteiger partial charge on any atom is -0.465 e. The molecule has 0 unspecified atom stereocenters. The van der Waals surface area contributed by atoms with Crippen LogP contribution < -0.4 is 4.31 Å². The molecule has 0 fully saturated rings. The number of sulfonamides is 1. The molecular formula is C16H15F2NO4S. The van der Waals surface area contributed by atoms with Crippen molar-refractivity contribution in [3.05, 3.63) is 60.2 Å². The fourth-order valence-electron chi connectivity index (χ4n) is 2.00. The maximum Gasteiger partial charge on any atom is 0.326 e. The van der Waals surface area contributed by atoms with E-state index in [0.717, 1.165) is 40.7 Å². The molecule has 128 valence electrons. The van der Waals surface area contributed by atoms with Crippen LogP contribution in [0.4, 0.5) is 14.5 Å². The number of rotatable bonds is 6. The molecule has 2 rings (SSSR count). The molecule has 2 aromatic rings. The Morgan fingerprint density at radius 1 is 1.08 bits per heavy atom. The predicted octanol–water partition coefficient (Wildman–Crippen LogP) is 2.72. The average Bonchev–Trinajstić information content (AvgIpc) is 2.53. The van der Waals surface area contributed by atoms with Gasteiger partial charge in [0.1, 0.15) is 18.2 Å². The molecule has 24 heavy (non-hydrogen) atoms. The Hall–Kier alpha value is -2.48. The number of esters is 1. The van der Waals surface area contributed by atoms with E-state index >= 15 is 0 Å². The number of nitrogens with zero attached hydrogens (tertiary/aromatic N) is 1. The number of anilines is 1. The second-order valence-corrected chi connectivity index (χ2v) is 6.61. The maximum absolute atomic E-state index is 13.5. The number of carbonyl (C=O) groups is 1. The Morgan fingerprint density at radius 3 is 2.33 bits per heavy atom. The van der Waals surface area contributed by atoms with E-state index in [9.17, 15) is 22.0 Å². The molecular weight excluding hydrogens is 340 g/mol. The summed E-state index contributed by atoms with van der Waals surface area (Å²) in [5, 5.41) is 0. The van der Waals surface area contributed by atoms with Crippen LogP contribution in [-0.4, -0.2) is 27.5 Å². The summed E-state index contributed by atoms with van der Waals surface area (Å²) in [6.07, 6.45) is 0. The molecule has 0 amide bonds. The van der Waals surface area contributed by atoms with Crippen molar-refractivity contribution in [2.75, 3.05) is 17.5 Å². The summed E-state index contributed by atoms with van der Waals surface area (Å²) >= 11 is 0. The highest BCUT2D eigenvalue weighted by Gasteiger charge is 2.28. The van der Waals surface area contributed by atoms with Crippen molar-refractivity contribution in [3.63, 3.8) is 0 Å². The lowest BCUT2D eigenvalue weighted by Crippen LogP contribution is -2.36. The molecule has 0 aromatic heterocycles. The zero-order valence-electron chi connectivity index (χ0n) is 12.8. The lowest BCUT2D eigenvalue weighted by atomic mass is 10.3. The summed E-state index contributed by atoms with van der Waals surface area (Å²) in [7, 11) is -4.20. The highest BCUT2D eigenvalue weighted by atomic mass is 32.2. The zero-order valence-corrected chi connectivity index (χ0v) is 13.6. The minimum atomic E-state index is -4.20. The van der Waals surface area contributed by atoms with Gasteiger partial charge in [-0.3, -0.25) is 9.10 Å². The second-order valence-electron chi connectivity index (χ2n) is 4.75. The number of ether oxygens (including phenoxy) is 1. The molecule has 0 heterocycles. The topological polar surface area (TPSA) is 63.7 Å². The lowest BCUT2D eigenvalue weighted by Gasteiger charge is -2.23. The monoisotopic (exact) mass is 355 g/mol. The van der Waals surface area contributed by atoms with Crippen LogP contribution in [-0.2, 0) is 19.6 Å². The minimum absolute atomic E-state index is 0.0348. The lowest BCUT2D eigenvalue weighted by molar-refractivity contribution is -0.141. The first-order valence-corrected chi connectivity index (χ1v) is 8.48. The van der Waals surface area contributed by atoms with Crippen molar-refractivity contribution in [3.8, 4) is 0 Å². The van der Waals surface area contributed by atoms with E-state index in [0.29, 0.717) is 0 Å². The Balaban J connectivity index is 2.48. The Morgan fingerprint density at radius 2 is 1.75 bits per heavy atom. The highest BCUT2D eigenvalue weighted by molar-refractivity contribution is 7.92. The zero-order chi connectivity index (χ0) is 17.7. The van der Waals surface area contributed by atoms with Crippen LogP contribution in [0.15, 0.2) is 53.4 Å². The van der Waals surface area contributed by atoms with E-state index in [4.69, 9.17) is 4.74 Å². The van der Waals surface area contributed by atoms with Gasteiger partial charge in [0.05, 0.1) is 17.2 Å². The van der Waals surface area contributed by atoms with Crippen LogP contribution in [0.1, 0.15) is 6.92 Å². The van der Waals surface area contributed by atoms with E-state index in [1.165, 1.54) is 12.1 Å². The summed E-state index contributed by atoms with van der Waals surface area (Å²) in [5.74, 6) is -2.04. The SMILES string of the molecule is CCOC(=O)CN(c1cccc(F)c1)S(=O)(=O)c1ccc(F)cc1. The summed E-state index contributed by atoms with van der Waals surface area (Å²) in [4.78, 5) is 11.5. The molecule has 0 bridgehead atoms. The molecule has 0 spiro atoms. The fourth-order valence-corrected chi connectivity index (χ4v) is 3.40. The maximum atomic E-state index is 13.5. The van der Waals surface area contributed by atoms with Gasteiger partial charge in [-0.2, -0.15) is 0 Å². The van der Waals surface area contributed by atoms with Gasteiger partial charge >= 0.3 is 5.97 Å². The van der Waals surface area contributed by atoms with Crippen LogP contribution in [0.5, 0.6) is 0 Å². The first kappa shape index (κ1) is 17.9. The molecule has 0 atom stereocenters. The van der Waals surface area contributed by atoms with Crippen LogP contribution in [0.2, 0.25) is 0 Å². The standard InChI is InChI=1S/C16H15F2NO4S/c1-2-23-16(20)11-19(14-5-3-4-13(18)10-14)24(21,22)15-8-6-12(17)7-9-15/h3-10H,2,11H2,1H3. The van der Waals surface area contributed by atoms with Gasteiger partial charge in [0.25, 0.3) is 10.0 Å². The van der Waals surface area contributed by atoms with Crippen molar-refractivity contribution in [1.82, 2.24) is 0 Å². The third-order valence-electron chi connectivity index (χ3n) is 3.08. The van der Waals surface area contributed by atoms with Gasteiger partial charge in [-0.1, -0.05) is 6.07 Å². The molecule has 2 aromatic carbocycles. The average molecular weight is 355 g/mol. The van der Waals surface area contributed by atoms with Crippen LogP contribution in [0.3, 0.4) is 0 Å². The summed E-state index contributed by atoms with van der Waals surface area (Å²) in [5.41, 5.74) is -0.0348. The molecule has 0 saturated heterocycles. The van der Waals surface area contributed by atoms with Crippen molar-refractivity contribution in [1.29, 1.82) is 0 Å². The number of hydrogen-bond acceptors (Lipinski definition) is 4. The van der Waals surface area contributed by atoms with E-state index in [-0.39, 0.29) is 17.2 Å². The van der Waals surface area contributed by atoms with Crippen molar-refractivity contribution < 1.29 is 26.7 Å². The van der Waals surface area contributed by atoms with Crippen LogP contribution >= 0.6 is 0 Å². The van der Waals surface area contributed by atoms with Crippen molar-refractivity contribution in [2.24, 2.45) is 0 Å². The van der Waals surface area contributed by atoms with Gasteiger partial charge in [-0.05, 0) is 49.4 Å². The van der Waals surface area contributed by atoms with Crippen LogP contribution in [0, 0.1) is 11.6 Å². The Kier molecular flexibility index (Phi) is 5.50. The van der Waals surface area contributed by atoms with E-state index in [1.54, 1.807) is 6.92 Å². The van der Waals surface area contributed by atoms with Gasteiger partial charge < -0.3 is 4.74 Å². The Labute approximate surface area is 138 Å². The van der Waals surface area contributed by atoms with Gasteiger partial charge in [-0.25, -0.2) is 17.2 Å². The number of hydrogen-bond donors (Lipinski definition) is 0. The van der Waals surface area contributed by atoms with Gasteiger partial charge in [0.2, 0.25) is 0 Å². The number of carbonyl (C=O) groups excluding carboxylic acids is 1. The molecule has 0 aliphatic carbocycles. The predicted molar refractivity (Wildman–Crippen MR) is 84.0 cm³/mol. The van der Waals surface area contributed by atoms with E-state index in [2.05, 4.69) is 0 Å². The van der Waals surface area contributed by atoms with Crippen molar-refractivity contribution in [2.45, 2.75) is 11.8 Å². The molecule has 8 heteroatoms. The van der Waals surface area contributed by atoms with Gasteiger partial charge in [0.15, 0.2) is 0 Å². The van der Waals surface area contributed by atoms with Crippen LogP contribution in [0.25, 0.3) is 0 Å². The van der Waals surface area contributed by atoms with Gasteiger partial charge in [0, 0.05) is 0 Å². The second kappa shape index (κ2) is 7.39. The quantitative estimate of drug-likeness (QED) is 0.748. The summed E-state index contributed by atoms with van der Waals surface area (Å²) in [6.45, 7) is 1.03. The van der Waals surface area contributed by atoms with Crippen molar-refractivity contribution >= 4 is 21.7 Å². The third-order valence-corrected chi connectivity index (χ3v) is 4.86. The molecule has 0 saturated carbocycles. The smallest absolute Gasteiger partial charge is 0.326 e. The largest absolute Gasteiger partial charge is 0.465 e. The molecule has 0 radical (unpaired) electrons. The highest BCUT2D eigenvalue weighted by Crippen LogP contribution is 2.24. The number of benzene rings is 2. The third kappa shape index (κ3) is 4.08. The number of halogens is 2. The van der Waals surface area contributed by atoms with E-state index < -0.39 is 34.2 Å². The first-order chi connectivity index (χ1) is 11.3. The molecule has 0 aliphatic rings. The molecule has 5 nitrogen and oxygen atoms in total. The Bertz CT molecular complexity index is 822. The first-order valence-electron chi connectivity index (χ1n) is 7.04.